The lowest BCUT2D eigenvalue weighted by Gasteiger charge is -2.53. The van der Waals surface area contributed by atoms with Gasteiger partial charge in [0, 0.05) is 56.8 Å². The van der Waals surface area contributed by atoms with Gasteiger partial charge in [0.15, 0.2) is 5.82 Å². The molecule has 1 N–H and O–H groups in total. The van der Waals surface area contributed by atoms with Gasteiger partial charge in [-0.1, -0.05) is 13.8 Å². The lowest BCUT2D eigenvalue weighted by atomic mass is 9.76. The number of carbonyl (C=O) groups excluding carboxylic acids is 2. The van der Waals surface area contributed by atoms with Crippen molar-refractivity contribution in [2.75, 3.05) is 44.2 Å². The highest BCUT2D eigenvalue weighted by Gasteiger charge is 2.50. The third-order valence-electron chi connectivity index (χ3n) is 8.61. The van der Waals surface area contributed by atoms with Crippen molar-refractivity contribution < 1.29 is 23.5 Å². The molecule has 2 aliphatic heterocycles. The van der Waals surface area contributed by atoms with Crippen LogP contribution in [0.1, 0.15) is 85.0 Å². The molecule has 13 heteroatoms. The summed E-state index contributed by atoms with van der Waals surface area (Å²) in [5.41, 5.74) is -0.322. The average Bonchev–Trinajstić information content (AvgIpc) is 3.39. The number of nitrogens with one attached hydrogen (secondary N) is 1. The van der Waals surface area contributed by atoms with Gasteiger partial charge < -0.3 is 24.6 Å². The number of likely N-dealkylation sites (tertiary alicyclic amines) is 1. The van der Waals surface area contributed by atoms with E-state index in [-0.39, 0.29) is 45.9 Å². The van der Waals surface area contributed by atoms with E-state index in [2.05, 4.69) is 44.1 Å². The largest absolute Gasteiger partial charge is 0.444 e. The summed E-state index contributed by atoms with van der Waals surface area (Å²) >= 11 is 6.21. The molecule has 254 valence electrons. The van der Waals surface area contributed by atoms with Crippen molar-refractivity contribution in [1.82, 2.24) is 30.3 Å². The van der Waals surface area contributed by atoms with Crippen LogP contribution >= 0.6 is 11.6 Å². The number of alkyl carbamates (subject to hydrolysis) is 1. The maximum absolute atomic E-state index is 14.3. The molecule has 0 aliphatic carbocycles. The van der Waals surface area contributed by atoms with E-state index in [0.717, 1.165) is 45.4 Å². The van der Waals surface area contributed by atoms with Crippen molar-refractivity contribution >= 4 is 29.4 Å². The number of nitrogens with zero attached hydrogens (tertiary/aromatic N) is 6. The van der Waals surface area contributed by atoms with Crippen LogP contribution in [0.4, 0.5) is 15.0 Å². The Bertz CT molecular complexity index is 1380. The smallest absolute Gasteiger partial charge is 0.407 e. The Kier molecular flexibility index (Phi) is 11.4. The molecule has 2 aliphatic rings. The predicted molar refractivity (Wildman–Crippen MR) is 176 cm³/mol. The Balaban J connectivity index is 1.42. The maximum atomic E-state index is 14.3. The van der Waals surface area contributed by atoms with Crippen LogP contribution in [0.2, 0.25) is 5.28 Å². The van der Waals surface area contributed by atoms with Gasteiger partial charge in [0.1, 0.15) is 17.2 Å². The summed E-state index contributed by atoms with van der Waals surface area (Å²) < 4.78 is 25.8. The average molecular weight is 662 g/mol. The van der Waals surface area contributed by atoms with Crippen LogP contribution in [0, 0.1) is 17.2 Å². The summed E-state index contributed by atoms with van der Waals surface area (Å²) in [5.74, 6) is 0.332. The lowest BCUT2D eigenvalue weighted by Crippen LogP contribution is -2.62. The molecule has 46 heavy (non-hydrogen) atoms. The van der Waals surface area contributed by atoms with Crippen LogP contribution in [0.3, 0.4) is 0 Å². The first kappa shape index (κ1) is 35.6. The molecule has 1 unspecified atom stereocenters. The second kappa shape index (κ2) is 14.7. The Morgan fingerprint density at radius 2 is 1.87 bits per heavy atom. The van der Waals surface area contributed by atoms with E-state index in [1.54, 1.807) is 4.90 Å². The Labute approximate surface area is 277 Å². The number of hydrogen-bond donors (Lipinski definition) is 1. The minimum absolute atomic E-state index is 0.00855. The third kappa shape index (κ3) is 8.76. The summed E-state index contributed by atoms with van der Waals surface area (Å²) in [5, 5.41) is 11.0. The van der Waals surface area contributed by atoms with Crippen molar-refractivity contribution in [1.29, 1.82) is 0 Å². The third-order valence-corrected chi connectivity index (χ3v) is 8.77. The van der Waals surface area contributed by atoms with Gasteiger partial charge in [0.2, 0.25) is 5.28 Å². The SMILES string of the molecule is CCN(C(=O)c1cc(F)ccc1Oc1nnc(Cl)nc1N1CCC2(C1)CN(C(CCCNC(=O)OC(C)(C)C)C(C)C)C2)C(C)C. The van der Waals surface area contributed by atoms with E-state index in [1.165, 1.54) is 18.2 Å². The van der Waals surface area contributed by atoms with E-state index < -0.39 is 11.4 Å². The van der Waals surface area contributed by atoms with Crippen molar-refractivity contribution in [2.24, 2.45) is 11.3 Å². The molecule has 2 aromatic rings. The molecule has 0 saturated carbocycles. The fraction of sp³-hybridized carbons (Fsp3) is 0.667. The van der Waals surface area contributed by atoms with E-state index in [4.69, 9.17) is 21.1 Å². The maximum Gasteiger partial charge on any atom is 0.407 e. The molecular weight excluding hydrogens is 613 g/mol. The number of carbonyl (C=O) groups is 2. The Morgan fingerprint density at radius 1 is 1.15 bits per heavy atom. The summed E-state index contributed by atoms with van der Waals surface area (Å²) in [4.78, 5) is 36.2. The first-order valence-electron chi connectivity index (χ1n) is 16.3. The van der Waals surface area contributed by atoms with Gasteiger partial charge in [-0.15, -0.1) is 10.2 Å². The van der Waals surface area contributed by atoms with Gasteiger partial charge >= 0.3 is 6.09 Å². The summed E-state index contributed by atoms with van der Waals surface area (Å²) in [6, 6.07) is 4.19. The van der Waals surface area contributed by atoms with E-state index in [9.17, 15) is 14.0 Å². The zero-order chi connectivity index (χ0) is 33.8. The quantitative estimate of drug-likeness (QED) is 0.267. The van der Waals surface area contributed by atoms with E-state index >= 15 is 0 Å². The highest BCUT2D eigenvalue weighted by molar-refractivity contribution is 6.28. The van der Waals surface area contributed by atoms with Gasteiger partial charge in [-0.05, 0) is 96.5 Å². The minimum atomic E-state index is -0.536. The zero-order valence-electron chi connectivity index (χ0n) is 28.4. The van der Waals surface area contributed by atoms with Crippen LogP contribution in [0.25, 0.3) is 0 Å². The van der Waals surface area contributed by atoms with Crippen LogP contribution in [-0.4, -0.2) is 93.9 Å². The molecule has 1 aromatic heterocycles. The van der Waals surface area contributed by atoms with Crippen molar-refractivity contribution in [3.8, 4) is 11.6 Å². The Morgan fingerprint density at radius 3 is 2.50 bits per heavy atom. The first-order valence-corrected chi connectivity index (χ1v) is 16.6. The van der Waals surface area contributed by atoms with Gasteiger partial charge in [0.05, 0.1) is 5.56 Å². The fourth-order valence-corrected chi connectivity index (χ4v) is 6.62. The number of amides is 2. The molecule has 1 aromatic carbocycles. The highest BCUT2D eigenvalue weighted by Crippen LogP contribution is 2.45. The number of hydrogen-bond acceptors (Lipinski definition) is 9. The molecule has 4 rings (SSSR count). The topological polar surface area (TPSA) is 113 Å². The van der Waals surface area contributed by atoms with Crippen LogP contribution in [0.15, 0.2) is 18.2 Å². The normalized spacial score (nSPS) is 16.9. The van der Waals surface area contributed by atoms with Gasteiger partial charge in [-0.2, -0.15) is 4.98 Å². The van der Waals surface area contributed by atoms with Crippen LogP contribution < -0.4 is 15.0 Å². The predicted octanol–water partition coefficient (Wildman–Crippen LogP) is 6.17. The highest BCUT2D eigenvalue weighted by atomic mass is 35.5. The standard InChI is InChI=1S/C33H49ClFN7O4/c1-9-42(22(4)5)29(43)24-17-23(35)12-13-26(24)45-28-27(37-30(34)39-38-28)40-16-14-33(18-40)19-41(20-33)25(21(2)3)11-10-15-36-31(44)46-32(6,7)8/h12-13,17,21-22,25H,9-11,14-16,18-20H2,1-8H3,(H,36,44). The van der Waals surface area contributed by atoms with Crippen LogP contribution in [-0.2, 0) is 4.74 Å². The second-order valence-electron chi connectivity index (χ2n) is 14.1. The number of ether oxygens (including phenoxy) is 2. The molecule has 2 saturated heterocycles. The zero-order valence-corrected chi connectivity index (χ0v) is 29.2. The van der Waals surface area contributed by atoms with Crippen molar-refractivity contribution in [2.45, 2.75) is 92.3 Å². The number of benzene rings is 1. The Hall–Kier alpha value is -3.25. The second-order valence-corrected chi connectivity index (χ2v) is 14.4. The number of rotatable bonds is 12. The molecule has 0 bridgehead atoms. The first-order chi connectivity index (χ1) is 21.6. The van der Waals surface area contributed by atoms with Crippen molar-refractivity contribution in [3.63, 3.8) is 0 Å². The number of anilines is 1. The summed E-state index contributed by atoms with van der Waals surface area (Å²) in [6.07, 6.45) is 2.42. The van der Waals surface area contributed by atoms with Crippen LogP contribution in [0.5, 0.6) is 11.6 Å². The fourth-order valence-electron chi connectivity index (χ4n) is 6.50. The van der Waals surface area contributed by atoms with Gasteiger partial charge in [0.25, 0.3) is 11.8 Å². The van der Waals surface area contributed by atoms with Gasteiger partial charge in [-0.3, -0.25) is 9.69 Å². The molecular formula is C33H49ClFN7O4. The molecule has 0 radical (unpaired) electrons. The minimum Gasteiger partial charge on any atom is -0.444 e. The lowest BCUT2D eigenvalue weighted by molar-refractivity contribution is -0.0339. The number of halogens is 2. The molecule has 3 heterocycles. The van der Waals surface area contributed by atoms with Gasteiger partial charge in [-0.25, -0.2) is 9.18 Å². The summed E-state index contributed by atoms with van der Waals surface area (Å²) in [6.45, 7) is 20.2. The molecule has 2 amide bonds. The van der Waals surface area contributed by atoms with Crippen molar-refractivity contribution in [3.05, 3.63) is 34.9 Å². The molecule has 1 atom stereocenters. The molecule has 11 nitrogen and oxygen atoms in total. The van der Waals surface area contributed by atoms with E-state index in [1.807, 2.05) is 41.5 Å². The van der Waals surface area contributed by atoms with E-state index in [0.29, 0.717) is 30.9 Å². The summed E-state index contributed by atoms with van der Waals surface area (Å²) in [7, 11) is 0. The molecule has 2 fully saturated rings. The monoisotopic (exact) mass is 661 g/mol. The molecule has 1 spiro atoms. The number of aromatic nitrogens is 3.